The van der Waals surface area contributed by atoms with Gasteiger partial charge in [-0.3, -0.25) is 4.79 Å². The summed E-state index contributed by atoms with van der Waals surface area (Å²) in [5, 5.41) is 11.6. The molecule has 0 saturated carbocycles. The Morgan fingerprint density at radius 3 is 2.29 bits per heavy atom. The number of carbonyl (C=O) groups excluding carboxylic acids is 1. The van der Waals surface area contributed by atoms with Gasteiger partial charge in [-0.2, -0.15) is 0 Å². The average Bonchev–Trinajstić information content (AvgIpc) is 2.38. The molecule has 0 radical (unpaired) electrons. The van der Waals surface area contributed by atoms with Crippen LogP contribution in [0.3, 0.4) is 0 Å². The maximum Gasteiger partial charge on any atom is 0.326 e. The molecule has 5 heteroatoms. The second-order valence-corrected chi connectivity index (χ2v) is 5.29. The maximum absolute atomic E-state index is 12.1. The van der Waals surface area contributed by atoms with Gasteiger partial charge in [0.05, 0.1) is 6.42 Å². The molecule has 1 aromatic rings. The third-order valence-electron chi connectivity index (χ3n) is 3.42. The van der Waals surface area contributed by atoms with E-state index < -0.39 is 12.0 Å². The van der Waals surface area contributed by atoms with Gasteiger partial charge < -0.3 is 15.2 Å². The number of methoxy groups -OCH3 is 1. The first-order valence-electron chi connectivity index (χ1n) is 6.93. The van der Waals surface area contributed by atoms with Gasteiger partial charge in [-0.1, -0.05) is 17.7 Å². The number of carboxylic acids is 1. The van der Waals surface area contributed by atoms with E-state index >= 15 is 0 Å². The number of ether oxygens (including phenoxy) is 1. The highest BCUT2D eigenvalue weighted by atomic mass is 16.5. The van der Waals surface area contributed by atoms with Crippen LogP contribution in [0.2, 0.25) is 0 Å². The zero-order valence-electron chi connectivity index (χ0n) is 13.0. The molecule has 0 spiro atoms. The van der Waals surface area contributed by atoms with Crippen LogP contribution in [-0.4, -0.2) is 36.7 Å². The summed E-state index contributed by atoms with van der Waals surface area (Å²) in [4.78, 5) is 23.2. The van der Waals surface area contributed by atoms with Crippen molar-refractivity contribution in [1.82, 2.24) is 5.32 Å². The zero-order valence-corrected chi connectivity index (χ0v) is 13.0. The summed E-state index contributed by atoms with van der Waals surface area (Å²) < 4.78 is 4.86. The van der Waals surface area contributed by atoms with E-state index in [9.17, 15) is 9.59 Å². The summed E-state index contributed by atoms with van der Waals surface area (Å²) >= 11 is 0. The van der Waals surface area contributed by atoms with Crippen molar-refractivity contribution in [3.63, 3.8) is 0 Å². The first-order valence-corrected chi connectivity index (χ1v) is 6.93. The molecule has 0 bridgehead atoms. The van der Waals surface area contributed by atoms with Crippen molar-refractivity contribution in [3.05, 3.63) is 34.4 Å². The van der Waals surface area contributed by atoms with E-state index in [-0.39, 0.29) is 18.7 Å². The third-order valence-corrected chi connectivity index (χ3v) is 3.42. The molecule has 2 N–H and O–H groups in total. The lowest BCUT2D eigenvalue weighted by molar-refractivity contribution is -0.142. The SMILES string of the molecule is COCCC(NC(=O)Cc1c(C)cc(C)cc1C)C(=O)O. The molecular formula is C16H23NO4. The molecule has 0 heterocycles. The van der Waals surface area contributed by atoms with Gasteiger partial charge in [-0.05, 0) is 37.5 Å². The maximum atomic E-state index is 12.1. The summed E-state index contributed by atoms with van der Waals surface area (Å²) in [5.74, 6) is -1.33. The van der Waals surface area contributed by atoms with Crippen molar-refractivity contribution in [2.75, 3.05) is 13.7 Å². The molecule has 21 heavy (non-hydrogen) atoms. The second kappa shape index (κ2) is 7.78. The van der Waals surface area contributed by atoms with E-state index in [1.54, 1.807) is 0 Å². The van der Waals surface area contributed by atoms with Gasteiger partial charge in [0.15, 0.2) is 0 Å². The van der Waals surface area contributed by atoms with Crippen LogP contribution in [0.25, 0.3) is 0 Å². The zero-order chi connectivity index (χ0) is 16.0. The highest BCUT2D eigenvalue weighted by molar-refractivity contribution is 5.85. The molecule has 1 aromatic carbocycles. The Labute approximate surface area is 125 Å². The summed E-state index contributed by atoms with van der Waals surface area (Å²) in [6.07, 6.45) is 0.443. The molecule has 5 nitrogen and oxygen atoms in total. The van der Waals surface area contributed by atoms with E-state index in [2.05, 4.69) is 5.32 Å². The van der Waals surface area contributed by atoms with Gasteiger partial charge in [-0.25, -0.2) is 4.79 Å². The van der Waals surface area contributed by atoms with Crippen LogP contribution in [0.1, 0.15) is 28.7 Å². The Kier molecular flexibility index (Phi) is 6.37. The number of aryl methyl sites for hydroxylation is 3. The van der Waals surface area contributed by atoms with Crippen molar-refractivity contribution < 1.29 is 19.4 Å². The van der Waals surface area contributed by atoms with Crippen molar-refractivity contribution in [2.24, 2.45) is 0 Å². The number of aliphatic carboxylic acids is 1. The molecular weight excluding hydrogens is 270 g/mol. The lowest BCUT2D eigenvalue weighted by Gasteiger charge is -2.16. The van der Waals surface area contributed by atoms with Crippen molar-refractivity contribution in [1.29, 1.82) is 0 Å². The molecule has 0 saturated heterocycles. The number of amides is 1. The van der Waals surface area contributed by atoms with E-state index in [4.69, 9.17) is 9.84 Å². The lowest BCUT2D eigenvalue weighted by atomic mass is 9.97. The molecule has 1 amide bonds. The quantitative estimate of drug-likeness (QED) is 0.803. The highest BCUT2D eigenvalue weighted by Gasteiger charge is 2.20. The van der Waals surface area contributed by atoms with Crippen molar-refractivity contribution >= 4 is 11.9 Å². The van der Waals surface area contributed by atoms with Crippen LogP contribution in [0.15, 0.2) is 12.1 Å². The van der Waals surface area contributed by atoms with Crippen LogP contribution in [0.4, 0.5) is 0 Å². The molecule has 0 aliphatic heterocycles. The fraction of sp³-hybridized carbons (Fsp3) is 0.500. The minimum atomic E-state index is -1.04. The molecule has 0 aromatic heterocycles. The highest BCUT2D eigenvalue weighted by Crippen LogP contribution is 2.17. The van der Waals surface area contributed by atoms with Crippen LogP contribution < -0.4 is 5.32 Å². The van der Waals surface area contributed by atoms with Crippen LogP contribution in [-0.2, 0) is 20.7 Å². The predicted octanol–water partition coefficient (Wildman–Crippen LogP) is 1.76. The Hall–Kier alpha value is -1.88. The van der Waals surface area contributed by atoms with Gasteiger partial charge in [0.2, 0.25) is 5.91 Å². The Balaban J connectivity index is 2.74. The van der Waals surface area contributed by atoms with Gasteiger partial charge >= 0.3 is 5.97 Å². The van der Waals surface area contributed by atoms with Crippen LogP contribution in [0.5, 0.6) is 0 Å². The molecule has 0 aliphatic rings. The largest absolute Gasteiger partial charge is 0.480 e. The number of carboxylic acid groups (broad SMARTS) is 1. The van der Waals surface area contributed by atoms with Crippen LogP contribution >= 0.6 is 0 Å². The summed E-state index contributed by atoms with van der Waals surface area (Å²) in [7, 11) is 1.50. The normalized spacial score (nSPS) is 12.0. The number of hydrogen-bond acceptors (Lipinski definition) is 3. The van der Waals surface area contributed by atoms with Crippen molar-refractivity contribution in [2.45, 2.75) is 39.7 Å². The van der Waals surface area contributed by atoms with Crippen LogP contribution in [0, 0.1) is 20.8 Å². The standard InChI is InChI=1S/C16H23NO4/c1-10-7-11(2)13(12(3)8-10)9-15(18)17-14(16(19)20)5-6-21-4/h7-8,14H,5-6,9H2,1-4H3,(H,17,18)(H,19,20). The number of hydrogen-bond donors (Lipinski definition) is 2. The number of carbonyl (C=O) groups is 2. The molecule has 1 rings (SSSR count). The fourth-order valence-corrected chi connectivity index (χ4v) is 2.39. The van der Waals surface area contributed by atoms with Gasteiger partial charge in [0.25, 0.3) is 0 Å². The summed E-state index contributed by atoms with van der Waals surface area (Å²) in [6, 6.07) is 3.13. The topological polar surface area (TPSA) is 75.6 Å². The fourth-order valence-electron chi connectivity index (χ4n) is 2.39. The van der Waals surface area contributed by atoms with Gasteiger partial charge in [0.1, 0.15) is 6.04 Å². The first kappa shape index (κ1) is 17.2. The monoisotopic (exact) mass is 293 g/mol. The second-order valence-electron chi connectivity index (χ2n) is 5.29. The molecule has 1 unspecified atom stereocenters. The number of rotatable bonds is 7. The average molecular weight is 293 g/mol. The molecule has 0 fully saturated rings. The predicted molar refractivity (Wildman–Crippen MR) is 80.4 cm³/mol. The van der Waals surface area contributed by atoms with Crippen molar-refractivity contribution in [3.8, 4) is 0 Å². The minimum absolute atomic E-state index is 0.189. The first-order chi connectivity index (χ1) is 9.85. The van der Waals surface area contributed by atoms with E-state index in [0.717, 1.165) is 22.3 Å². The summed E-state index contributed by atoms with van der Waals surface area (Å²) in [5.41, 5.74) is 4.20. The Morgan fingerprint density at radius 1 is 1.24 bits per heavy atom. The number of nitrogens with one attached hydrogen (secondary N) is 1. The lowest BCUT2D eigenvalue weighted by Crippen LogP contribution is -2.42. The smallest absolute Gasteiger partial charge is 0.326 e. The Morgan fingerprint density at radius 2 is 1.81 bits per heavy atom. The van der Waals surface area contributed by atoms with Gasteiger partial charge in [-0.15, -0.1) is 0 Å². The van der Waals surface area contributed by atoms with E-state index in [1.165, 1.54) is 7.11 Å². The van der Waals surface area contributed by atoms with E-state index in [0.29, 0.717) is 6.61 Å². The minimum Gasteiger partial charge on any atom is -0.480 e. The third kappa shape index (κ3) is 5.19. The van der Waals surface area contributed by atoms with E-state index in [1.807, 2.05) is 32.9 Å². The summed E-state index contributed by atoms with van der Waals surface area (Å²) in [6.45, 7) is 6.22. The molecule has 1 atom stereocenters. The number of benzene rings is 1. The molecule has 116 valence electrons. The van der Waals surface area contributed by atoms with Gasteiger partial charge in [0, 0.05) is 20.1 Å². The Bertz CT molecular complexity index is 502. The molecule has 0 aliphatic carbocycles.